The van der Waals surface area contributed by atoms with Gasteiger partial charge in [0.2, 0.25) is 11.8 Å². The lowest BCUT2D eigenvalue weighted by molar-refractivity contribution is -0.141. The largest absolute Gasteiger partial charge is 0.480 e. The second kappa shape index (κ2) is 6.81. The quantitative estimate of drug-likeness (QED) is 0.592. The molecule has 0 bridgehead atoms. The second-order valence-electron chi connectivity index (χ2n) is 3.61. The molecule has 0 aromatic rings. The molecule has 0 heterocycles. The van der Waals surface area contributed by atoms with Gasteiger partial charge in [-0.25, -0.2) is 0 Å². The molecular formula is C10H18N2O4. The first-order valence-electron chi connectivity index (χ1n) is 5.21. The van der Waals surface area contributed by atoms with Crippen LogP contribution in [0.3, 0.4) is 0 Å². The Kier molecular flexibility index (Phi) is 6.14. The summed E-state index contributed by atoms with van der Waals surface area (Å²) >= 11 is 0. The monoisotopic (exact) mass is 230 g/mol. The summed E-state index contributed by atoms with van der Waals surface area (Å²) < 4.78 is 0. The van der Waals surface area contributed by atoms with Gasteiger partial charge in [-0.3, -0.25) is 14.4 Å². The number of nitrogens with one attached hydrogen (secondary N) is 2. The Labute approximate surface area is 94.4 Å². The molecule has 0 aromatic heterocycles. The minimum atomic E-state index is -1.11. The molecule has 0 spiro atoms. The zero-order valence-electron chi connectivity index (χ0n) is 9.74. The number of aliphatic carboxylic acids is 1. The first kappa shape index (κ1) is 14.4. The van der Waals surface area contributed by atoms with Crippen molar-refractivity contribution >= 4 is 17.8 Å². The molecule has 6 nitrogen and oxygen atoms in total. The lowest BCUT2D eigenvalue weighted by Crippen LogP contribution is -2.49. The van der Waals surface area contributed by atoms with Crippen LogP contribution in [0.4, 0.5) is 0 Å². The fraction of sp³-hybridized carbons (Fsp3) is 0.700. The van der Waals surface area contributed by atoms with Crippen molar-refractivity contribution in [2.45, 2.75) is 45.7 Å². The van der Waals surface area contributed by atoms with E-state index in [2.05, 4.69) is 10.6 Å². The van der Waals surface area contributed by atoms with E-state index in [0.29, 0.717) is 12.8 Å². The van der Waals surface area contributed by atoms with Gasteiger partial charge < -0.3 is 15.7 Å². The highest BCUT2D eigenvalue weighted by Gasteiger charge is 2.19. The summed E-state index contributed by atoms with van der Waals surface area (Å²) in [5.74, 6) is -1.83. The SMILES string of the molecule is CCCC(=O)N[C@@H](C)C(=O)N[C@@H](C)C(=O)O. The third kappa shape index (κ3) is 5.33. The number of carboxylic acids is 1. The highest BCUT2D eigenvalue weighted by atomic mass is 16.4. The zero-order valence-corrected chi connectivity index (χ0v) is 9.74. The Morgan fingerprint density at radius 1 is 1.12 bits per heavy atom. The number of rotatable bonds is 6. The van der Waals surface area contributed by atoms with Gasteiger partial charge in [-0.15, -0.1) is 0 Å². The van der Waals surface area contributed by atoms with E-state index in [1.807, 2.05) is 6.92 Å². The Balaban J connectivity index is 4.08. The lowest BCUT2D eigenvalue weighted by atomic mass is 10.2. The molecular weight excluding hydrogens is 212 g/mol. The van der Waals surface area contributed by atoms with Crippen LogP contribution in [0.25, 0.3) is 0 Å². The zero-order chi connectivity index (χ0) is 12.7. The van der Waals surface area contributed by atoms with Gasteiger partial charge in [0.25, 0.3) is 0 Å². The molecule has 3 N–H and O–H groups in total. The van der Waals surface area contributed by atoms with E-state index in [4.69, 9.17) is 5.11 Å². The summed E-state index contributed by atoms with van der Waals surface area (Å²) in [5, 5.41) is 13.3. The summed E-state index contributed by atoms with van der Waals surface area (Å²) in [6, 6.07) is -1.68. The topological polar surface area (TPSA) is 95.5 Å². The van der Waals surface area contributed by atoms with Crippen LogP contribution in [-0.2, 0) is 14.4 Å². The summed E-state index contributed by atoms with van der Waals surface area (Å²) in [4.78, 5) is 33.1. The summed E-state index contributed by atoms with van der Waals surface area (Å²) in [7, 11) is 0. The third-order valence-electron chi connectivity index (χ3n) is 1.98. The molecule has 0 unspecified atom stereocenters. The first-order chi connectivity index (χ1) is 7.38. The van der Waals surface area contributed by atoms with E-state index in [1.54, 1.807) is 0 Å². The van der Waals surface area contributed by atoms with Crippen molar-refractivity contribution in [1.82, 2.24) is 10.6 Å². The maximum atomic E-state index is 11.4. The van der Waals surface area contributed by atoms with E-state index >= 15 is 0 Å². The summed E-state index contributed by atoms with van der Waals surface area (Å²) in [6.07, 6.45) is 1.05. The van der Waals surface area contributed by atoms with Crippen LogP contribution in [0.2, 0.25) is 0 Å². The van der Waals surface area contributed by atoms with Crippen LogP contribution in [0.1, 0.15) is 33.6 Å². The van der Waals surface area contributed by atoms with Crippen molar-refractivity contribution in [3.05, 3.63) is 0 Å². The minimum absolute atomic E-state index is 0.215. The highest BCUT2D eigenvalue weighted by molar-refractivity contribution is 5.89. The smallest absolute Gasteiger partial charge is 0.325 e. The van der Waals surface area contributed by atoms with Gasteiger partial charge in [0, 0.05) is 6.42 Å². The van der Waals surface area contributed by atoms with Crippen molar-refractivity contribution in [2.24, 2.45) is 0 Å². The summed E-state index contributed by atoms with van der Waals surface area (Å²) in [5.41, 5.74) is 0. The highest BCUT2D eigenvalue weighted by Crippen LogP contribution is 1.91. The Morgan fingerprint density at radius 2 is 1.69 bits per heavy atom. The first-order valence-corrected chi connectivity index (χ1v) is 5.21. The Bertz CT molecular complexity index is 278. The van der Waals surface area contributed by atoms with Crippen molar-refractivity contribution in [3.8, 4) is 0 Å². The predicted octanol–water partition coefficient (Wildman–Crippen LogP) is -0.119. The number of carboxylic acid groups (broad SMARTS) is 1. The van der Waals surface area contributed by atoms with Crippen molar-refractivity contribution < 1.29 is 19.5 Å². The number of hydrogen-bond donors (Lipinski definition) is 3. The number of amides is 2. The number of carbonyl (C=O) groups is 3. The van der Waals surface area contributed by atoms with E-state index in [0.717, 1.165) is 0 Å². The van der Waals surface area contributed by atoms with Crippen LogP contribution in [0.5, 0.6) is 0 Å². The second-order valence-corrected chi connectivity index (χ2v) is 3.61. The van der Waals surface area contributed by atoms with Crippen molar-refractivity contribution in [2.75, 3.05) is 0 Å². The average Bonchev–Trinajstić information content (AvgIpc) is 2.17. The molecule has 0 saturated heterocycles. The van der Waals surface area contributed by atoms with Gasteiger partial charge >= 0.3 is 5.97 Å². The van der Waals surface area contributed by atoms with Crippen molar-refractivity contribution in [1.29, 1.82) is 0 Å². The molecule has 0 aliphatic carbocycles. The fourth-order valence-electron chi connectivity index (χ4n) is 1.01. The van der Waals surface area contributed by atoms with E-state index in [-0.39, 0.29) is 5.91 Å². The Hall–Kier alpha value is -1.59. The average molecular weight is 230 g/mol. The van der Waals surface area contributed by atoms with Gasteiger partial charge in [-0.2, -0.15) is 0 Å². The van der Waals surface area contributed by atoms with Gasteiger partial charge in [0.15, 0.2) is 0 Å². The van der Waals surface area contributed by atoms with Gasteiger partial charge in [-0.05, 0) is 20.3 Å². The molecule has 0 rings (SSSR count). The molecule has 0 aliphatic rings. The van der Waals surface area contributed by atoms with Gasteiger partial charge in [-0.1, -0.05) is 6.92 Å². The maximum Gasteiger partial charge on any atom is 0.325 e. The molecule has 0 aliphatic heterocycles. The molecule has 0 radical (unpaired) electrons. The molecule has 2 atom stereocenters. The number of hydrogen-bond acceptors (Lipinski definition) is 3. The van der Waals surface area contributed by atoms with E-state index < -0.39 is 24.0 Å². The minimum Gasteiger partial charge on any atom is -0.480 e. The molecule has 92 valence electrons. The molecule has 0 saturated carbocycles. The van der Waals surface area contributed by atoms with Crippen LogP contribution in [-0.4, -0.2) is 35.0 Å². The standard InChI is InChI=1S/C10H18N2O4/c1-4-5-8(13)11-6(2)9(14)12-7(3)10(15)16/h6-7H,4-5H2,1-3H3,(H,11,13)(H,12,14)(H,15,16)/t6-,7-/m0/s1. The molecule has 16 heavy (non-hydrogen) atoms. The van der Waals surface area contributed by atoms with E-state index in [9.17, 15) is 14.4 Å². The molecule has 6 heteroatoms. The van der Waals surface area contributed by atoms with Crippen LogP contribution >= 0.6 is 0 Å². The van der Waals surface area contributed by atoms with Crippen LogP contribution in [0, 0.1) is 0 Å². The van der Waals surface area contributed by atoms with Crippen molar-refractivity contribution in [3.63, 3.8) is 0 Å². The van der Waals surface area contributed by atoms with Crippen LogP contribution < -0.4 is 10.6 Å². The lowest BCUT2D eigenvalue weighted by Gasteiger charge is -2.15. The predicted molar refractivity (Wildman–Crippen MR) is 57.8 cm³/mol. The summed E-state index contributed by atoms with van der Waals surface area (Å²) in [6.45, 7) is 4.73. The third-order valence-corrected chi connectivity index (χ3v) is 1.98. The molecule has 0 aromatic carbocycles. The Morgan fingerprint density at radius 3 is 2.12 bits per heavy atom. The fourth-order valence-corrected chi connectivity index (χ4v) is 1.01. The van der Waals surface area contributed by atoms with E-state index in [1.165, 1.54) is 13.8 Å². The normalized spacial score (nSPS) is 13.7. The number of carbonyl (C=O) groups excluding carboxylic acids is 2. The molecule has 0 fully saturated rings. The van der Waals surface area contributed by atoms with Gasteiger partial charge in [0.05, 0.1) is 0 Å². The molecule has 2 amide bonds. The van der Waals surface area contributed by atoms with Gasteiger partial charge in [0.1, 0.15) is 12.1 Å². The van der Waals surface area contributed by atoms with Crippen LogP contribution in [0.15, 0.2) is 0 Å². The maximum absolute atomic E-state index is 11.4.